The highest BCUT2D eigenvalue weighted by Gasteiger charge is 2.19. The monoisotopic (exact) mass is 384 g/mol. The van der Waals surface area contributed by atoms with Crippen molar-refractivity contribution < 1.29 is 0 Å². The Balaban J connectivity index is 1.63. The number of hydrogen-bond acceptors (Lipinski definition) is 6. The van der Waals surface area contributed by atoms with Crippen LogP contribution in [0.4, 0.5) is 0 Å². The first-order valence-corrected chi connectivity index (χ1v) is 10.1. The number of fused-ring (bicyclic) bond motifs is 2. The first kappa shape index (κ1) is 17.3. The SMILES string of the molecule is Cc1sc2nc(C(C)N(C)Cc3nc4ccccc4s3)[nH]c(=O)c2c1C. The number of H-pyrrole nitrogens is 1. The van der Waals surface area contributed by atoms with Gasteiger partial charge >= 0.3 is 0 Å². The van der Waals surface area contributed by atoms with E-state index in [9.17, 15) is 4.79 Å². The number of aryl methyl sites for hydroxylation is 2. The van der Waals surface area contributed by atoms with Crippen LogP contribution in [0.1, 0.15) is 34.2 Å². The topological polar surface area (TPSA) is 61.9 Å². The Bertz CT molecular complexity index is 1120. The number of benzene rings is 1. The maximum Gasteiger partial charge on any atom is 0.259 e. The van der Waals surface area contributed by atoms with Crippen molar-refractivity contribution in [2.24, 2.45) is 0 Å². The first-order chi connectivity index (χ1) is 12.4. The zero-order valence-electron chi connectivity index (χ0n) is 15.2. The van der Waals surface area contributed by atoms with Gasteiger partial charge in [-0.15, -0.1) is 22.7 Å². The van der Waals surface area contributed by atoms with E-state index in [4.69, 9.17) is 9.97 Å². The van der Waals surface area contributed by atoms with Crippen LogP contribution >= 0.6 is 22.7 Å². The molecule has 7 heteroatoms. The largest absolute Gasteiger partial charge is 0.309 e. The van der Waals surface area contributed by atoms with E-state index in [0.29, 0.717) is 12.4 Å². The number of nitrogens with zero attached hydrogens (tertiary/aromatic N) is 3. The number of thiazole rings is 1. The van der Waals surface area contributed by atoms with Gasteiger partial charge in [-0.2, -0.15) is 0 Å². The van der Waals surface area contributed by atoms with Crippen molar-refractivity contribution in [2.45, 2.75) is 33.4 Å². The Kier molecular flexibility index (Phi) is 4.38. The van der Waals surface area contributed by atoms with Gasteiger partial charge in [0.25, 0.3) is 5.56 Å². The van der Waals surface area contributed by atoms with Crippen molar-refractivity contribution in [1.82, 2.24) is 19.9 Å². The quantitative estimate of drug-likeness (QED) is 0.566. The minimum absolute atomic E-state index is 0.0122. The molecule has 3 heterocycles. The summed E-state index contributed by atoms with van der Waals surface area (Å²) < 4.78 is 1.20. The smallest absolute Gasteiger partial charge is 0.259 e. The van der Waals surface area contributed by atoms with Gasteiger partial charge in [-0.05, 0) is 45.5 Å². The Morgan fingerprint density at radius 2 is 1.96 bits per heavy atom. The van der Waals surface area contributed by atoms with Crippen LogP contribution < -0.4 is 5.56 Å². The summed E-state index contributed by atoms with van der Waals surface area (Å²) in [5.74, 6) is 0.701. The summed E-state index contributed by atoms with van der Waals surface area (Å²) in [5.41, 5.74) is 2.01. The van der Waals surface area contributed by atoms with Gasteiger partial charge in [0.2, 0.25) is 0 Å². The summed E-state index contributed by atoms with van der Waals surface area (Å²) in [7, 11) is 2.03. The van der Waals surface area contributed by atoms with Crippen LogP contribution in [0.2, 0.25) is 0 Å². The van der Waals surface area contributed by atoms with Gasteiger partial charge in [-0.3, -0.25) is 9.69 Å². The molecule has 0 fully saturated rings. The molecule has 26 heavy (non-hydrogen) atoms. The third-order valence-corrected chi connectivity index (χ3v) is 6.96. The highest BCUT2D eigenvalue weighted by Crippen LogP contribution is 2.28. The van der Waals surface area contributed by atoms with E-state index in [-0.39, 0.29) is 11.6 Å². The Morgan fingerprint density at radius 3 is 2.73 bits per heavy atom. The maximum atomic E-state index is 12.5. The normalized spacial score (nSPS) is 13.1. The third-order valence-electron chi connectivity index (χ3n) is 4.84. The van der Waals surface area contributed by atoms with Crippen molar-refractivity contribution in [2.75, 3.05) is 7.05 Å². The summed E-state index contributed by atoms with van der Waals surface area (Å²) >= 11 is 3.29. The Morgan fingerprint density at radius 1 is 1.19 bits per heavy atom. The molecule has 0 aliphatic carbocycles. The number of hydrogen-bond donors (Lipinski definition) is 1. The summed E-state index contributed by atoms with van der Waals surface area (Å²) in [4.78, 5) is 29.0. The molecule has 0 amide bonds. The molecule has 4 rings (SSSR count). The lowest BCUT2D eigenvalue weighted by atomic mass is 10.2. The van der Waals surface area contributed by atoms with E-state index in [1.807, 2.05) is 39.1 Å². The number of para-hydroxylation sites is 1. The van der Waals surface area contributed by atoms with Crippen molar-refractivity contribution in [3.8, 4) is 0 Å². The minimum Gasteiger partial charge on any atom is -0.309 e. The van der Waals surface area contributed by atoms with Crippen LogP contribution in [0, 0.1) is 13.8 Å². The van der Waals surface area contributed by atoms with Crippen molar-refractivity contribution in [3.63, 3.8) is 0 Å². The summed E-state index contributed by atoms with van der Waals surface area (Å²) in [5, 5.41) is 1.78. The molecule has 3 aromatic heterocycles. The lowest BCUT2D eigenvalue weighted by molar-refractivity contribution is 0.244. The summed E-state index contributed by atoms with van der Waals surface area (Å²) in [6.07, 6.45) is 0. The highest BCUT2D eigenvalue weighted by atomic mass is 32.1. The summed E-state index contributed by atoms with van der Waals surface area (Å²) in [6.45, 7) is 6.78. The van der Waals surface area contributed by atoms with Gasteiger partial charge in [0.1, 0.15) is 15.7 Å². The average Bonchev–Trinajstić information content (AvgIpc) is 3.14. The number of nitrogens with one attached hydrogen (secondary N) is 1. The van der Waals surface area contributed by atoms with E-state index >= 15 is 0 Å². The lowest BCUT2D eigenvalue weighted by Gasteiger charge is -2.22. The predicted octanol–water partition coefficient (Wildman–Crippen LogP) is 4.40. The lowest BCUT2D eigenvalue weighted by Crippen LogP contribution is -2.25. The van der Waals surface area contributed by atoms with Gasteiger partial charge in [0, 0.05) is 4.88 Å². The fourth-order valence-corrected chi connectivity index (χ4v) is 5.08. The molecule has 0 aliphatic heterocycles. The van der Waals surface area contributed by atoms with Gasteiger partial charge < -0.3 is 4.98 Å². The molecule has 0 aliphatic rings. The van der Waals surface area contributed by atoms with E-state index in [0.717, 1.165) is 31.2 Å². The van der Waals surface area contributed by atoms with Crippen molar-refractivity contribution >= 4 is 43.1 Å². The minimum atomic E-state index is -0.0490. The first-order valence-electron chi connectivity index (χ1n) is 8.48. The molecule has 1 aromatic carbocycles. The summed E-state index contributed by atoms with van der Waals surface area (Å²) in [6, 6.07) is 8.15. The predicted molar refractivity (Wildman–Crippen MR) is 109 cm³/mol. The number of aromatic nitrogens is 3. The molecule has 0 bridgehead atoms. The molecule has 0 spiro atoms. The molecule has 0 radical (unpaired) electrons. The van der Waals surface area contributed by atoms with Crippen LogP contribution in [-0.2, 0) is 6.54 Å². The second-order valence-electron chi connectivity index (χ2n) is 6.58. The van der Waals surface area contributed by atoms with Gasteiger partial charge in [-0.1, -0.05) is 12.1 Å². The van der Waals surface area contributed by atoms with E-state index in [2.05, 4.69) is 22.9 Å². The molecule has 1 N–H and O–H groups in total. The number of aromatic amines is 1. The highest BCUT2D eigenvalue weighted by molar-refractivity contribution is 7.19. The molecule has 5 nitrogen and oxygen atoms in total. The molecular formula is C19H20N4OS2. The molecule has 0 saturated heterocycles. The van der Waals surface area contributed by atoms with Crippen LogP contribution in [0.15, 0.2) is 29.1 Å². The fraction of sp³-hybridized carbons (Fsp3) is 0.316. The molecule has 134 valence electrons. The van der Waals surface area contributed by atoms with Crippen molar-refractivity contribution in [3.05, 3.63) is 55.9 Å². The zero-order chi connectivity index (χ0) is 18.4. The zero-order valence-corrected chi connectivity index (χ0v) is 16.8. The molecule has 4 aromatic rings. The van der Waals surface area contributed by atoms with Crippen molar-refractivity contribution in [1.29, 1.82) is 0 Å². The number of thiophene rings is 1. The average molecular weight is 385 g/mol. The van der Waals surface area contributed by atoms with Crippen LogP contribution in [0.25, 0.3) is 20.4 Å². The second-order valence-corrected chi connectivity index (χ2v) is 8.90. The van der Waals surface area contributed by atoms with E-state index in [1.165, 1.54) is 4.70 Å². The Labute approximate surface area is 159 Å². The van der Waals surface area contributed by atoms with Gasteiger partial charge in [0.15, 0.2) is 0 Å². The van der Waals surface area contributed by atoms with Gasteiger partial charge in [-0.25, -0.2) is 9.97 Å². The van der Waals surface area contributed by atoms with Crippen LogP contribution in [0.5, 0.6) is 0 Å². The molecular weight excluding hydrogens is 364 g/mol. The third kappa shape index (κ3) is 2.96. The standard InChI is InChI=1S/C19H20N4OS2/c1-10-12(3)25-19-16(10)18(24)21-17(22-19)11(2)23(4)9-15-20-13-7-5-6-8-14(13)26-15/h5-8,11H,9H2,1-4H3,(H,21,22,24). The maximum absolute atomic E-state index is 12.5. The van der Waals surface area contributed by atoms with Crippen LogP contribution in [0.3, 0.4) is 0 Å². The second kappa shape index (κ2) is 6.57. The van der Waals surface area contributed by atoms with E-state index < -0.39 is 0 Å². The van der Waals surface area contributed by atoms with Crippen LogP contribution in [-0.4, -0.2) is 26.9 Å². The Hall–Kier alpha value is -2.09. The molecule has 0 saturated carbocycles. The fourth-order valence-electron chi connectivity index (χ4n) is 3.02. The van der Waals surface area contributed by atoms with E-state index in [1.54, 1.807) is 22.7 Å². The number of rotatable bonds is 4. The molecule has 1 atom stereocenters. The molecule has 1 unspecified atom stereocenters. The van der Waals surface area contributed by atoms with Gasteiger partial charge in [0.05, 0.1) is 28.2 Å².